The molecule has 0 bridgehead atoms. The van der Waals surface area contributed by atoms with Crippen molar-refractivity contribution in [2.75, 3.05) is 18.4 Å². The molecule has 1 amide bonds. The number of anilines is 2. The average Bonchev–Trinajstić information content (AvgIpc) is 3.53. The Kier molecular flexibility index (Phi) is 6.91. The highest BCUT2D eigenvalue weighted by atomic mass is 16.3. The van der Waals surface area contributed by atoms with Gasteiger partial charge in [-0.05, 0) is 48.9 Å². The number of hydrogen-bond donors (Lipinski definition) is 3. The Hall–Kier alpha value is -3.81. The summed E-state index contributed by atoms with van der Waals surface area (Å²) in [4.78, 5) is 22.3. The van der Waals surface area contributed by atoms with E-state index < -0.39 is 6.23 Å². The summed E-state index contributed by atoms with van der Waals surface area (Å²) in [5.74, 6) is 1.01. The molecule has 3 aromatic rings. The Morgan fingerprint density at radius 2 is 2.08 bits per heavy atom. The Balaban J connectivity index is 1.24. The van der Waals surface area contributed by atoms with Crippen molar-refractivity contribution in [2.24, 2.45) is 5.92 Å². The smallest absolute Gasteiger partial charge is 0.227 e. The third-order valence-corrected chi connectivity index (χ3v) is 7.32. The van der Waals surface area contributed by atoms with E-state index in [2.05, 4.69) is 38.7 Å². The minimum absolute atomic E-state index is 0.0483. The molecule has 3 N–H and O–H groups in total. The molecule has 37 heavy (non-hydrogen) atoms. The van der Waals surface area contributed by atoms with Crippen LogP contribution in [0.5, 0.6) is 0 Å². The molecule has 1 unspecified atom stereocenters. The second-order valence-electron chi connectivity index (χ2n) is 10.3. The molecule has 1 saturated heterocycles. The number of aliphatic hydroxyl groups excluding tert-OH is 1. The largest absolute Gasteiger partial charge is 0.374 e. The minimum Gasteiger partial charge on any atom is -0.374 e. The molecule has 3 heterocycles. The van der Waals surface area contributed by atoms with Crippen LogP contribution in [-0.2, 0) is 10.3 Å². The van der Waals surface area contributed by atoms with Gasteiger partial charge in [-0.3, -0.25) is 14.4 Å². The fraction of sp³-hybridized carbons (Fsp3) is 0.444. The van der Waals surface area contributed by atoms with E-state index in [1.165, 1.54) is 6.92 Å². The number of hydrogen-bond acceptors (Lipinski definition) is 8. The molecule has 192 valence electrons. The molecule has 10 nitrogen and oxygen atoms in total. The van der Waals surface area contributed by atoms with Crippen LogP contribution in [0.3, 0.4) is 0 Å². The first kappa shape index (κ1) is 24.9. The van der Waals surface area contributed by atoms with Gasteiger partial charge in [-0.2, -0.15) is 10.4 Å². The average molecular weight is 501 g/mol. The van der Waals surface area contributed by atoms with Crippen molar-refractivity contribution in [2.45, 2.75) is 57.3 Å². The van der Waals surface area contributed by atoms with Crippen LogP contribution in [0.2, 0.25) is 0 Å². The summed E-state index contributed by atoms with van der Waals surface area (Å²) < 4.78 is 1.93. The summed E-state index contributed by atoms with van der Waals surface area (Å²) in [7, 11) is 0. The zero-order valence-corrected chi connectivity index (χ0v) is 21.1. The molecular formula is C27H32N8O2. The number of benzene rings is 1. The maximum absolute atomic E-state index is 11.3. The SMILES string of the molecule is CC(=O)N[C@@H]1CCN(C(O)c2ccc(Nc3nccc(-c4cnn(C5(CC#N)CC(C)C5)c4)n3)cc2)C1. The lowest BCUT2D eigenvalue weighted by Crippen LogP contribution is -2.45. The van der Waals surface area contributed by atoms with Crippen molar-refractivity contribution >= 4 is 17.5 Å². The lowest BCUT2D eigenvalue weighted by molar-refractivity contribution is -0.119. The first-order valence-electron chi connectivity index (χ1n) is 12.7. The molecule has 1 aromatic carbocycles. The fourth-order valence-electron chi connectivity index (χ4n) is 5.58. The van der Waals surface area contributed by atoms with Crippen LogP contribution in [0.25, 0.3) is 11.3 Å². The first-order valence-corrected chi connectivity index (χ1v) is 12.7. The van der Waals surface area contributed by atoms with Crippen molar-refractivity contribution < 1.29 is 9.90 Å². The van der Waals surface area contributed by atoms with E-state index in [9.17, 15) is 15.2 Å². The van der Waals surface area contributed by atoms with Gasteiger partial charge in [0, 0.05) is 49.7 Å². The molecule has 5 rings (SSSR count). The molecular weight excluding hydrogens is 468 g/mol. The predicted octanol–water partition coefficient (Wildman–Crippen LogP) is 3.32. The fourth-order valence-corrected chi connectivity index (χ4v) is 5.58. The number of likely N-dealkylation sites (tertiary alicyclic amines) is 1. The van der Waals surface area contributed by atoms with E-state index >= 15 is 0 Å². The number of amides is 1. The summed E-state index contributed by atoms with van der Waals surface area (Å²) in [6.07, 6.45) is 7.92. The lowest BCUT2D eigenvalue weighted by atomic mass is 9.67. The molecule has 0 spiro atoms. The second-order valence-corrected chi connectivity index (χ2v) is 10.3. The Bertz CT molecular complexity index is 1290. The van der Waals surface area contributed by atoms with Gasteiger partial charge in [0.25, 0.3) is 0 Å². The summed E-state index contributed by atoms with van der Waals surface area (Å²) in [6, 6.07) is 11.8. The predicted molar refractivity (Wildman–Crippen MR) is 138 cm³/mol. The molecule has 1 aliphatic heterocycles. The van der Waals surface area contributed by atoms with Crippen molar-refractivity contribution in [3.8, 4) is 17.3 Å². The van der Waals surface area contributed by atoms with E-state index in [4.69, 9.17) is 0 Å². The van der Waals surface area contributed by atoms with Crippen LogP contribution >= 0.6 is 0 Å². The van der Waals surface area contributed by atoms with E-state index in [-0.39, 0.29) is 17.5 Å². The van der Waals surface area contributed by atoms with Crippen molar-refractivity contribution in [3.05, 3.63) is 54.5 Å². The molecule has 2 aliphatic rings. The van der Waals surface area contributed by atoms with Gasteiger partial charge in [-0.1, -0.05) is 19.1 Å². The zero-order valence-electron chi connectivity index (χ0n) is 21.1. The standard InChI is InChI=1S/C27H32N8O2/c1-18-13-27(14-18,9-10-28)35-16-21(15-30-35)24-7-11-29-26(33-24)32-22-5-3-20(4-6-22)25(37)34-12-8-23(17-34)31-19(2)36/h3-7,11,15-16,18,23,25,37H,8-9,12-14,17H2,1-2H3,(H,31,36)(H,29,32,33)/t18?,23-,25?,27?/m1/s1. The van der Waals surface area contributed by atoms with E-state index in [0.29, 0.717) is 24.8 Å². The summed E-state index contributed by atoms with van der Waals surface area (Å²) >= 11 is 0. The van der Waals surface area contributed by atoms with Crippen LogP contribution in [-0.4, -0.2) is 54.8 Å². The number of carbonyl (C=O) groups excluding carboxylic acids is 1. The molecule has 10 heteroatoms. The molecule has 2 aromatic heterocycles. The van der Waals surface area contributed by atoms with Gasteiger partial charge < -0.3 is 15.7 Å². The highest BCUT2D eigenvalue weighted by Gasteiger charge is 2.44. The summed E-state index contributed by atoms with van der Waals surface area (Å²) in [6.45, 7) is 5.05. The van der Waals surface area contributed by atoms with Crippen LogP contribution in [0.15, 0.2) is 48.9 Å². The van der Waals surface area contributed by atoms with Gasteiger partial charge >= 0.3 is 0 Å². The highest BCUT2D eigenvalue weighted by Crippen LogP contribution is 2.46. The van der Waals surface area contributed by atoms with Gasteiger partial charge in [0.05, 0.1) is 29.9 Å². The van der Waals surface area contributed by atoms with E-state index in [0.717, 1.165) is 48.3 Å². The van der Waals surface area contributed by atoms with Crippen molar-refractivity contribution in [3.63, 3.8) is 0 Å². The third kappa shape index (κ3) is 5.33. The monoisotopic (exact) mass is 500 g/mol. The number of aromatic nitrogens is 4. The van der Waals surface area contributed by atoms with E-state index in [1.54, 1.807) is 12.4 Å². The molecule has 1 aliphatic carbocycles. The van der Waals surface area contributed by atoms with Crippen LogP contribution < -0.4 is 10.6 Å². The number of nitriles is 1. The Morgan fingerprint density at radius 1 is 1.30 bits per heavy atom. The first-order chi connectivity index (χ1) is 17.8. The number of aliphatic hydroxyl groups is 1. The maximum Gasteiger partial charge on any atom is 0.227 e. The topological polar surface area (TPSA) is 132 Å². The maximum atomic E-state index is 11.3. The normalized spacial score (nSPS) is 24.2. The van der Waals surface area contributed by atoms with Gasteiger partial charge in [0.2, 0.25) is 11.9 Å². The number of rotatable bonds is 8. The third-order valence-electron chi connectivity index (χ3n) is 7.32. The van der Waals surface area contributed by atoms with Crippen molar-refractivity contribution in [1.82, 2.24) is 30.0 Å². The minimum atomic E-state index is -0.730. The van der Waals surface area contributed by atoms with Crippen LogP contribution in [0, 0.1) is 17.2 Å². The number of carbonyl (C=O) groups is 1. The highest BCUT2D eigenvalue weighted by molar-refractivity contribution is 5.73. The van der Waals surface area contributed by atoms with Crippen molar-refractivity contribution in [1.29, 1.82) is 5.26 Å². The Labute approximate surface area is 216 Å². The second kappa shape index (κ2) is 10.3. The molecule has 0 radical (unpaired) electrons. The number of nitrogens with one attached hydrogen (secondary N) is 2. The van der Waals surface area contributed by atoms with Gasteiger partial charge in [0.1, 0.15) is 6.23 Å². The van der Waals surface area contributed by atoms with Gasteiger partial charge in [-0.15, -0.1) is 0 Å². The van der Waals surface area contributed by atoms with E-state index in [1.807, 2.05) is 46.1 Å². The summed E-state index contributed by atoms with van der Waals surface area (Å²) in [5, 5.41) is 30.8. The van der Waals surface area contributed by atoms with Gasteiger partial charge in [0.15, 0.2) is 0 Å². The molecule has 2 atom stereocenters. The van der Waals surface area contributed by atoms with Crippen LogP contribution in [0.1, 0.15) is 51.3 Å². The molecule has 2 fully saturated rings. The zero-order chi connectivity index (χ0) is 26.0. The quantitative estimate of drug-likeness (QED) is 0.429. The summed E-state index contributed by atoms with van der Waals surface area (Å²) in [5.41, 5.74) is 3.00. The Morgan fingerprint density at radius 3 is 2.78 bits per heavy atom. The number of nitrogens with zero attached hydrogens (tertiary/aromatic N) is 6. The lowest BCUT2D eigenvalue weighted by Gasteiger charge is -2.45. The van der Waals surface area contributed by atoms with Crippen LogP contribution in [0.4, 0.5) is 11.6 Å². The van der Waals surface area contributed by atoms with Gasteiger partial charge in [-0.25, -0.2) is 9.97 Å². The molecule has 1 saturated carbocycles.